The minimum absolute atomic E-state index is 0.00465. The van der Waals surface area contributed by atoms with Gasteiger partial charge in [-0.3, -0.25) is 9.59 Å². The smallest absolute Gasteiger partial charge is 0.242 e. The maximum absolute atomic E-state index is 12.0. The highest BCUT2D eigenvalue weighted by Gasteiger charge is 2.22. The molecule has 120 valence electrons. The van der Waals surface area contributed by atoms with Crippen LogP contribution in [0.4, 0.5) is 5.69 Å². The summed E-state index contributed by atoms with van der Waals surface area (Å²) in [6, 6.07) is 7.84. The van der Waals surface area contributed by atoms with Gasteiger partial charge in [0.05, 0.1) is 25.9 Å². The van der Waals surface area contributed by atoms with Gasteiger partial charge in [-0.25, -0.2) is 0 Å². The molecule has 1 aromatic rings. The first kappa shape index (κ1) is 16.1. The van der Waals surface area contributed by atoms with Crippen LogP contribution in [-0.4, -0.2) is 63.1 Å². The van der Waals surface area contributed by atoms with Crippen molar-refractivity contribution >= 4 is 17.5 Å². The summed E-state index contributed by atoms with van der Waals surface area (Å²) in [4.78, 5) is 27.0. The van der Waals surface area contributed by atoms with Crippen LogP contribution in [0.15, 0.2) is 24.3 Å². The molecule has 2 rings (SSSR count). The molecule has 1 saturated heterocycles. The maximum Gasteiger partial charge on any atom is 0.242 e. The fourth-order valence-corrected chi connectivity index (χ4v) is 2.45. The van der Waals surface area contributed by atoms with E-state index in [0.717, 1.165) is 24.5 Å². The van der Waals surface area contributed by atoms with E-state index in [1.54, 1.807) is 12.0 Å². The Hall–Kier alpha value is -2.28. The average molecular weight is 306 g/mol. The molecule has 1 aromatic carbocycles. The average Bonchev–Trinajstić information content (AvgIpc) is 2.59. The summed E-state index contributed by atoms with van der Waals surface area (Å²) in [6.45, 7) is 2.61. The molecule has 1 heterocycles. The number of para-hydroxylation sites is 2. The molecule has 7 heteroatoms. The van der Waals surface area contributed by atoms with E-state index in [0.29, 0.717) is 13.1 Å². The Kier molecular flexibility index (Phi) is 5.60. The van der Waals surface area contributed by atoms with Gasteiger partial charge < -0.3 is 25.6 Å². The lowest BCUT2D eigenvalue weighted by atomic mass is 10.2. The van der Waals surface area contributed by atoms with Crippen molar-refractivity contribution in [1.82, 2.24) is 10.2 Å². The summed E-state index contributed by atoms with van der Waals surface area (Å²) in [7, 11) is 1.65. The van der Waals surface area contributed by atoms with Crippen LogP contribution in [0.25, 0.3) is 0 Å². The van der Waals surface area contributed by atoms with Crippen molar-refractivity contribution < 1.29 is 14.3 Å². The van der Waals surface area contributed by atoms with E-state index in [1.807, 2.05) is 24.3 Å². The van der Waals surface area contributed by atoms with Crippen molar-refractivity contribution in [1.29, 1.82) is 0 Å². The van der Waals surface area contributed by atoms with E-state index in [-0.39, 0.29) is 24.9 Å². The molecule has 0 bridgehead atoms. The van der Waals surface area contributed by atoms with Crippen molar-refractivity contribution in [2.24, 2.45) is 5.73 Å². The number of carbonyl (C=O) groups is 2. The summed E-state index contributed by atoms with van der Waals surface area (Å²) in [5, 5.41) is 2.50. The number of anilines is 1. The second-order valence-corrected chi connectivity index (χ2v) is 5.02. The molecule has 0 aromatic heterocycles. The molecule has 0 saturated carbocycles. The second kappa shape index (κ2) is 7.65. The first-order chi connectivity index (χ1) is 10.7. The summed E-state index contributed by atoms with van der Waals surface area (Å²) >= 11 is 0. The van der Waals surface area contributed by atoms with Gasteiger partial charge in [0.15, 0.2) is 0 Å². The maximum atomic E-state index is 12.0. The number of ether oxygens (including phenoxy) is 1. The Bertz CT molecular complexity index is 527. The molecule has 22 heavy (non-hydrogen) atoms. The normalized spacial score (nSPS) is 14.6. The third-order valence-electron chi connectivity index (χ3n) is 3.68. The van der Waals surface area contributed by atoms with Crippen LogP contribution in [0.1, 0.15) is 0 Å². The number of hydrogen-bond acceptors (Lipinski definition) is 5. The first-order valence-corrected chi connectivity index (χ1v) is 7.28. The fraction of sp³-hybridized carbons (Fsp3) is 0.467. The van der Waals surface area contributed by atoms with Gasteiger partial charge in [-0.15, -0.1) is 0 Å². The molecular weight excluding hydrogens is 284 g/mol. The van der Waals surface area contributed by atoms with E-state index in [1.165, 1.54) is 0 Å². The largest absolute Gasteiger partial charge is 0.495 e. The third-order valence-corrected chi connectivity index (χ3v) is 3.68. The van der Waals surface area contributed by atoms with Crippen LogP contribution in [-0.2, 0) is 9.59 Å². The zero-order valence-electron chi connectivity index (χ0n) is 12.7. The Labute approximate surface area is 130 Å². The lowest BCUT2D eigenvalue weighted by Gasteiger charge is -2.36. The fourth-order valence-electron chi connectivity index (χ4n) is 2.45. The van der Waals surface area contributed by atoms with Gasteiger partial charge >= 0.3 is 0 Å². The monoisotopic (exact) mass is 306 g/mol. The number of benzene rings is 1. The molecule has 2 amide bonds. The van der Waals surface area contributed by atoms with E-state index in [4.69, 9.17) is 10.5 Å². The number of piperazine rings is 1. The Balaban J connectivity index is 1.87. The molecule has 0 unspecified atom stereocenters. The quantitative estimate of drug-likeness (QED) is 0.760. The van der Waals surface area contributed by atoms with E-state index >= 15 is 0 Å². The van der Waals surface area contributed by atoms with Crippen LogP contribution < -0.4 is 20.7 Å². The van der Waals surface area contributed by atoms with E-state index in [9.17, 15) is 9.59 Å². The Morgan fingerprint density at radius 2 is 1.91 bits per heavy atom. The second-order valence-electron chi connectivity index (χ2n) is 5.02. The van der Waals surface area contributed by atoms with Crippen LogP contribution >= 0.6 is 0 Å². The van der Waals surface area contributed by atoms with Crippen molar-refractivity contribution in [2.75, 3.05) is 51.3 Å². The van der Waals surface area contributed by atoms with Gasteiger partial charge in [0, 0.05) is 26.2 Å². The van der Waals surface area contributed by atoms with Crippen molar-refractivity contribution in [3.8, 4) is 5.75 Å². The Morgan fingerprint density at radius 1 is 1.23 bits per heavy atom. The molecule has 0 spiro atoms. The minimum Gasteiger partial charge on any atom is -0.495 e. The van der Waals surface area contributed by atoms with Gasteiger partial charge in [0.2, 0.25) is 11.8 Å². The van der Waals surface area contributed by atoms with Crippen LogP contribution in [0.3, 0.4) is 0 Å². The molecule has 0 aliphatic carbocycles. The van der Waals surface area contributed by atoms with Crippen LogP contribution in [0.2, 0.25) is 0 Å². The number of carbonyl (C=O) groups excluding carboxylic acids is 2. The first-order valence-electron chi connectivity index (χ1n) is 7.28. The molecule has 0 atom stereocenters. The predicted octanol–water partition coefficient (Wildman–Crippen LogP) is -0.581. The van der Waals surface area contributed by atoms with Gasteiger partial charge in [-0.05, 0) is 12.1 Å². The molecule has 1 aliphatic rings. The number of nitrogens with zero attached hydrogens (tertiary/aromatic N) is 2. The van der Waals surface area contributed by atoms with Crippen molar-refractivity contribution in [3.05, 3.63) is 24.3 Å². The summed E-state index contributed by atoms with van der Waals surface area (Å²) in [5.41, 5.74) is 6.23. The number of rotatable bonds is 5. The summed E-state index contributed by atoms with van der Waals surface area (Å²) in [5.74, 6) is 0.431. The standard InChI is InChI=1S/C15H22N4O3/c1-22-13-5-3-2-4-12(13)18-6-8-19(9-7-18)15(21)11-17-14(20)10-16/h2-5H,6-11,16H2,1H3,(H,17,20). The zero-order valence-corrected chi connectivity index (χ0v) is 12.7. The van der Waals surface area contributed by atoms with Gasteiger partial charge in [-0.1, -0.05) is 12.1 Å². The van der Waals surface area contributed by atoms with Crippen molar-refractivity contribution in [2.45, 2.75) is 0 Å². The van der Waals surface area contributed by atoms with Crippen LogP contribution in [0.5, 0.6) is 5.75 Å². The molecule has 3 N–H and O–H groups in total. The van der Waals surface area contributed by atoms with E-state index < -0.39 is 0 Å². The lowest BCUT2D eigenvalue weighted by molar-refractivity contribution is -0.132. The van der Waals surface area contributed by atoms with Gasteiger partial charge in [0.1, 0.15) is 5.75 Å². The summed E-state index contributed by atoms with van der Waals surface area (Å²) < 4.78 is 5.37. The number of amides is 2. The SMILES string of the molecule is COc1ccccc1N1CCN(C(=O)CNC(=O)CN)CC1. The topological polar surface area (TPSA) is 87.9 Å². The minimum atomic E-state index is -0.319. The van der Waals surface area contributed by atoms with Crippen LogP contribution in [0, 0.1) is 0 Å². The highest BCUT2D eigenvalue weighted by atomic mass is 16.5. The lowest BCUT2D eigenvalue weighted by Crippen LogP contribution is -2.51. The number of nitrogens with one attached hydrogen (secondary N) is 1. The van der Waals surface area contributed by atoms with Gasteiger partial charge in [-0.2, -0.15) is 0 Å². The summed E-state index contributed by atoms with van der Waals surface area (Å²) in [6.07, 6.45) is 0. The molecule has 1 fully saturated rings. The number of nitrogens with two attached hydrogens (primary N) is 1. The number of hydrogen-bond donors (Lipinski definition) is 2. The highest BCUT2D eigenvalue weighted by Crippen LogP contribution is 2.28. The van der Waals surface area contributed by atoms with E-state index in [2.05, 4.69) is 10.2 Å². The third kappa shape index (κ3) is 3.88. The molecule has 0 radical (unpaired) electrons. The Morgan fingerprint density at radius 3 is 2.55 bits per heavy atom. The predicted molar refractivity (Wildman–Crippen MR) is 83.9 cm³/mol. The highest BCUT2D eigenvalue weighted by molar-refractivity contribution is 5.85. The van der Waals surface area contributed by atoms with Gasteiger partial charge in [0.25, 0.3) is 0 Å². The zero-order chi connectivity index (χ0) is 15.9. The number of methoxy groups -OCH3 is 1. The molecule has 1 aliphatic heterocycles. The molecular formula is C15H22N4O3. The van der Waals surface area contributed by atoms with Crippen molar-refractivity contribution in [3.63, 3.8) is 0 Å². The molecule has 7 nitrogen and oxygen atoms in total.